The van der Waals surface area contributed by atoms with Crippen LogP contribution in [0.3, 0.4) is 0 Å². The van der Waals surface area contributed by atoms with Crippen LogP contribution in [0.2, 0.25) is 0 Å². The minimum Gasteiger partial charge on any atom is -0.383 e. The summed E-state index contributed by atoms with van der Waals surface area (Å²) < 4.78 is 5.08. The van der Waals surface area contributed by atoms with Crippen molar-refractivity contribution in [2.24, 2.45) is 0 Å². The lowest BCUT2D eigenvalue weighted by Crippen LogP contribution is -2.37. The highest BCUT2D eigenvalue weighted by molar-refractivity contribution is 6.37. The van der Waals surface area contributed by atoms with Crippen LogP contribution in [0.25, 0.3) is 11.3 Å². The average Bonchev–Trinajstić information content (AvgIpc) is 3.22. The van der Waals surface area contributed by atoms with Crippen LogP contribution in [-0.4, -0.2) is 57.6 Å². The highest BCUT2D eigenvalue weighted by Gasteiger charge is 2.28. The second-order valence-corrected chi connectivity index (χ2v) is 8.47. The summed E-state index contributed by atoms with van der Waals surface area (Å²) in [5.41, 5.74) is 5.50. The summed E-state index contributed by atoms with van der Waals surface area (Å²) in [6.45, 7) is 1.57. The van der Waals surface area contributed by atoms with E-state index in [2.05, 4.69) is 10.6 Å². The quantitative estimate of drug-likeness (QED) is 0.460. The SMILES string of the molecule is COCCN(C)CC(=O)N(C)c1ccc(N/C(=C2\C(=O)Nc3ccccc32)c2ccccc2)cc1. The molecule has 0 aromatic heterocycles. The zero-order chi connectivity index (χ0) is 24.8. The van der Waals surface area contributed by atoms with Crippen molar-refractivity contribution in [2.45, 2.75) is 0 Å². The van der Waals surface area contributed by atoms with Gasteiger partial charge >= 0.3 is 0 Å². The fraction of sp³-hybridized carbons (Fsp3) is 0.214. The van der Waals surface area contributed by atoms with Crippen LogP contribution in [0, 0.1) is 0 Å². The van der Waals surface area contributed by atoms with Crippen molar-refractivity contribution in [3.8, 4) is 0 Å². The molecule has 0 spiro atoms. The predicted octanol–water partition coefficient (Wildman–Crippen LogP) is 4.16. The van der Waals surface area contributed by atoms with E-state index in [-0.39, 0.29) is 11.8 Å². The number of benzene rings is 3. The molecule has 7 heteroatoms. The van der Waals surface area contributed by atoms with E-state index in [0.29, 0.717) is 25.3 Å². The maximum atomic E-state index is 12.9. The molecule has 2 N–H and O–H groups in total. The van der Waals surface area contributed by atoms with Crippen molar-refractivity contribution in [1.82, 2.24) is 4.90 Å². The van der Waals surface area contributed by atoms with Crippen molar-refractivity contribution < 1.29 is 14.3 Å². The molecule has 7 nitrogen and oxygen atoms in total. The van der Waals surface area contributed by atoms with Crippen molar-refractivity contribution in [3.05, 3.63) is 90.0 Å². The number of likely N-dealkylation sites (N-methyl/N-ethyl adjacent to an activating group) is 2. The van der Waals surface area contributed by atoms with Gasteiger partial charge in [0.1, 0.15) is 0 Å². The van der Waals surface area contributed by atoms with Gasteiger partial charge in [-0.2, -0.15) is 0 Å². The second-order valence-electron chi connectivity index (χ2n) is 8.47. The Morgan fingerprint density at radius 1 is 0.943 bits per heavy atom. The number of para-hydroxylation sites is 1. The third-order valence-corrected chi connectivity index (χ3v) is 5.96. The summed E-state index contributed by atoms with van der Waals surface area (Å²) in [5.74, 6) is -0.146. The van der Waals surface area contributed by atoms with Crippen molar-refractivity contribution in [1.29, 1.82) is 0 Å². The molecule has 0 atom stereocenters. The molecule has 1 aliphatic heterocycles. The van der Waals surface area contributed by atoms with Crippen LogP contribution in [0.4, 0.5) is 17.1 Å². The van der Waals surface area contributed by atoms with E-state index >= 15 is 0 Å². The Kier molecular flexibility index (Phi) is 7.60. The maximum Gasteiger partial charge on any atom is 0.258 e. The summed E-state index contributed by atoms with van der Waals surface area (Å²) in [5, 5.41) is 6.41. The van der Waals surface area contributed by atoms with Gasteiger partial charge in [-0.1, -0.05) is 48.5 Å². The minimum absolute atomic E-state index is 0.00404. The van der Waals surface area contributed by atoms with Gasteiger partial charge in [0.25, 0.3) is 5.91 Å². The van der Waals surface area contributed by atoms with E-state index in [0.717, 1.165) is 33.9 Å². The van der Waals surface area contributed by atoms with Crippen LogP contribution in [0.5, 0.6) is 0 Å². The van der Waals surface area contributed by atoms with E-state index in [9.17, 15) is 9.59 Å². The highest BCUT2D eigenvalue weighted by atomic mass is 16.5. The average molecular weight is 471 g/mol. The molecule has 3 aromatic carbocycles. The van der Waals surface area contributed by atoms with Gasteiger partial charge in [0.2, 0.25) is 5.91 Å². The number of anilines is 3. The van der Waals surface area contributed by atoms with Gasteiger partial charge in [-0.15, -0.1) is 0 Å². The van der Waals surface area contributed by atoms with E-state index in [1.807, 2.05) is 90.8 Å². The fourth-order valence-corrected chi connectivity index (χ4v) is 3.97. The summed E-state index contributed by atoms with van der Waals surface area (Å²) in [7, 11) is 5.31. The number of ether oxygens (including phenoxy) is 1. The van der Waals surface area contributed by atoms with Crippen LogP contribution in [0.1, 0.15) is 11.1 Å². The first-order chi connectivity index (χ1) is 17.0. The number of carbonyl (C=O) groups is 2. The Balaban J connectivity index is 1.58. The number of amides is 2. The van der Waals surface area contributed by atoms with Crippen LogP contribution in [0.15, 0.2) is 78.9 Å². The fourth-order valence-electron chi connectivity index (χ4n) is 3.97. The van der Waals surface area contributed by atoms with Crippen molar-refractivity contribution in [3.63, 3.8) is 0 Å². The van der Waals surface area contributed by atoms with Gasteiger partial charge in [-0.25, -0.2) is 0 Å². The maximum absolute atomic E-state index is 12.9. The summed E-state index contributed by atoms with van der Waals surface area (Å²) in [6, 6.07) is 25.1. The third kappa shape index (κ3) is 5.59. The van der Waals surface area contributed by atoms with Crippen LogP contribution < -0.4 is 15.5 Å². The molecule has 3 aromatic rings. The lowest BCUT2D eigenvalue weighted by molar-refractivity contribution is -0.119. The van der Waals surface area contributed by atoms with Gasteiger partial charge in [0.15, 0.2) is 0 Å². The number of nitrogens with zero attached hydrogens (tertiary/aromatic N) is 2. The number of methoxy groups -OCH3 is 1. The number of hydrogen-bond donors (Lipinski definition) is 2. The van der Waals surface area contributed by atoms with Gasteiger partial charge < -0.3 is 20.3 Å². The van der Waals surface area contributed by atoms with Crippen LogP contribution in [-0.2, 0) is 14.3 Å². The molecule has 0 unspecified atom stereocenters. The summed E-state index contributed by atoms with van der Waals surface area (Å²) in [6.07, 6.45) is 0. The zero-order valence-electron chi connectivity index (χ0n) is 20.2. The first-order valence-corrected chi connectivity index (χ1v) is 11.5. The summed E-state index contributed by atoms with van der Waals surface area (Å²) in [4.78, 5) is 29.2. The number of fused-ring (bicyclic) bond motifs is 1. The molecule has 2 amide bonds. The second kappa shape index (κ2) is 11.0. The molecule has 0 bridgehead atoms. The monoisotopic (exact) mass is 470 g/mol. The number of nitrogens with one attached hydrogen (secondary N) is 2. The van der Waals surface area contributed by atoms with E-state index in [1.54, 1.807) is 19.1 Å². The van der Waals surface area contributed by atoms with E-state index in [1.165, 1.54) is 0 Å². The first-order valence-electron chi connectivity index (χ1n) is 11.5. The zero-order valence-corrected chi connectivity index (χ0v) is 20.2. The minimum atomic E-state index is -0.142. The topological polar surface area (TPSA) is 73.9 Å². The lowest BCUT2D eigenvalue weighted by Gasteiger charge is -2.22. The molecule has 0 saturated heterocycles. The molecule has 35 heavy (non-hydrogen) atoms. The molecular formula is C28H30N4O3. The Hall–Kier alpha value is -3.94. The molecule has 0 aliphatic carbocycles. The molecule has 4 rings (SSSR count). The molecule has 1 aliphatic rings. The van der Waals surface area contributed by atoms with Crippen molar-refractivity contribution >= 4 is 40.1 Å². The van der Waals surface area contributed by atoms with Crippen molar-refractivity contribution in [2.75, 3.05) is 56.4 Å². The largest absolute Gasteiger partial charge is 0.383 e. The molecule has 0 radical (unpaired) electrons. The normalized spacial score (nSPS) is 13.9. The Labute approximate surface area is 206 Å². The third-order valence-electron chi connectivity index (χ3n) is 5.96. The molecule has 0 fully saturated rings. The smallest absolute Gasteiger partial charge is 0.258 e. The van der Waals surface area contributed by atoms with Gasteiger partial charge in [-0.3, -0.25) is 14.5 Å². The van der Waals surface area contributed by atoms with Crippen LogP contribution >= 0.6 is 0 Å². The number of hydrogen-bond acceptors (Lipinski definition) is 5. The van der Waals surface area contributed by atoms with E-state index < -0.39 is 0 Å². The molecule has 0 saturated carbocycles. The molecule has 1 heterocycles. The standard InChI is InChI=1S/C28H30N4O3/c1-31(17-18-35-3)19-25(33)32(2)22-15-13-21(14-16-22)29-27(20-9-5-4-6-10-20)26-23-11-7-8-12-24(23)30-28(26)34/h4-16,29H,17-19H2,1-3H3,(H,30,34)/b27-26-. The lowest BCUT2D eigenvalue weighted by atomic mass is 10.00. The predicted molar refractivity (Wildman–Crippen MR) is 141 cm³/mol. The molecular weight excluding hydrogens is 440 g/mol. The Bertz CT molecular complexity index is 1220. The highest BCUT2D eigenvalue weighted by Crippen LogP contribution is 2.37. The Morgan fingerprint density at radius 2 is 1.63 bits per heavy atom. The van der Waals surface area contributed by atoms with Gasteiger partial charge in [0, 0.05) is 43.3 Å². The van der Waals surface area contributed by atoms with Gasteiger partial charge in [0.05, 0.1) is 24.4 Å². The summed E-state index contributed by atoms with van der Waals surface area (Å²) >= 11 is 0. The first kappa shape index (κ1) is 24.2. The molecule has 180 valence electrons. The number of rotatable bonds is 9. The van der Waals surface area contributed by atoms with Gasteiger partial charge in [-0.05, 0) is 42.9 Å². The van der Waals surface area contributed by atoms with E-state index in [4.69, 9.17) is 4.74 Å². The Morgan fingerprint density at radius 3 is 2.34 bits per heavy atom. The number of carbonyl (C=O) groups excluding carboxylic acids is 2.